The normalized spacial score (nSPS) is 27.6. The van der Waals surface area contributed by atoms with Gasteiger partial charge in [-0.1, -0.05) is 0 Å². The zero-order chi connectivity index (χ0) is 21.2. The topological polar surface area (TPSA) is 146 Å². The van der Waals surface area contributed by atoms with E-state index >= 15 is 0 Å². The standard InChI is InChI=1S/C16H23N5O7S/c1-4-26-15(25)28-10(3)27-14(24)16(5-9(2)21-8-17-18-19-21)7-20-12(23)11(6-22)13(20)29-16/h8-11,13,22H,4-7H2,1-3H3/t9-,10?,11+,13-,16?/m1/s1. The van der Waals surface area contributed by atoms with E-state index in [1.807, 2.05) is 6.92 Å². The Morgan fingerprint density at radius 2 is 2.17 bits per heavy atom. The number of amides is 1. The fourth-order valence-electron chi connectivity index (χ4n) is 3.44. The van der Waals surface area contributed by atoms with Crippen molar-refractivity contribution in [2.45, 2.75) is 49.6 Å². The Hall–Kier alpha value is -2.41. The lowest BCUT2D eigenvalue weighted by Crippen LogP contribution is -2.58. The number of fused-ring (bicyclic) bond motifs is 1. The summed E-state index contributed by atoms with van der Waals surface area (Å²) in [5.41, 5.74) is 0. The quantitative estimate of drug-likeness (QED) is 0.337. The van der Waals surface area contributed by atoms with Gasteiger partial charge in [0.15, 0.2) is 0 Å². The maximum absolute atomic E-state index is 13.1. The van der Waals surface area contributed by atoms with Crippen molar-refractivity contribution in [1.29, 1.82) is 0 Å². The summed E-state index contributed by atoms with van der Waals surface area (Å²) in [5.74, 6) is -1.38. The lowest BCUT2D eigenvalue weighted by Gasteiger charge is -2.40. The van der Waals surface area contributed by atoms with Crippen LogP contribution in [0, 0.1) is 5.92 Å². The molecule has 0 spiro atoms. The van der Waals surface area contributed by atoms with Crippen LogP contribution in [0.4, 0.5) is 4.79 Å². The zero-order valence-corrected chi connectivity index (χ0v) is 17.1. The van der Waals surface area contributed by atoms with Gasteiger partial charge >= 0.3 is 12.1 Å². The van der Waals surface area contributed by atoms with Gasteiger partial charge in [-0.15, -0.1) is 16.9 Å². The zero-order valence-electron chi connectivity index (χ0n) is 16.3. The van der Waals surface area contributed by atoms with Crippen LogP contribution >= 0.6 is 11.8 Å². The van der Waals surface area contributed by atoms with Crippen LogP contribution in [0.15, 0.2) is 6.33 Å². The summed E-state index contributed by atoms with van der Waals surface area (Å²) < 4.78 is 15.3. The predicted octanol–water partition coefficient (Wildman–Crippen LogP) is -0.0511. The largest absolute Gasteiger partial charge is 0.511 e. The molecule has 1 amide bonds. The molecule has 3 heterocycles. The van der Waals surface area contributed by atoms with Gasteiger partial charge in [0, 0.05) is 13.5 Å². The number of esters is 1. The molecular formula is C16H23N5O7S. The Labute approximate surface area is 170 Å². The van der Waals surface area contributed by atoms with Crippen LogP contribution in [0.1, 0.15) is 33.2 Å². The monoisotopic (exact) mass is 429 g/mol. The highest BCUT2D eigenvalue weighted by molar-refractivity contribution is 8.02. The molecule has 12 nitrogen and oxygen atoms in total. The van der Waals surface area contributed by atoms with Gasteiger partial charge in [0.2, 0.25) is 12.2 Å². The SMILES string of the molecule is CCOC(=O)OC(C)OC(=O)C1(C[C@@H](C)n2cnnn2)CN2C(=O)[C@H](CO)[C@H]2S1. The predicted molar refractivity (Wildman–Crippen MR) is 97.2 cm³/mol. The molecule has 2 aliphatic heterocycles. The minimum Gasteiger partial charge on any atom is -0.435 e. The first-order valence-corrected chi connectivity index (χ1v) is 10.1. The molecule has 0 bridgehead atoms. The lowest BCUT2D eigenvalue weighted by atomic mass is 9.94. The molecule has 29 heavy (non-hydrogen) atoms. The first-order valence-electron chi connectivity index (χ1n) is 9.17. The van der Waals surface area contributed by atoms with Gasteiger partial charge in [0.1, 0.15) is 11.1 Å². The van der Waals surface area contributed by atoms with E-state index in [1.165, 1.54) is 29.7 Å². The fraction of sp³-hybridized carbons (Fsp3) is 0.750. The van der Waals surface area contributed by atoms with E-state index in [1.54, 1.807) is 11.8 Å². The second-order valence-electron chi connectivity index (χ2n) is 6.87. The van der Waals surface area contributed by atoms with Crippen molar-refractivity contribution in [3.63, 3.8) is 0 Å². The van der Waals surface area contributed by atoms with E-state index in [0.29, 0.717) is 0 Å². The van der Waals surface area contributed by atoms with Crippen LogP contribution in [0.25, 0.3) is 0 Å². The molecule has 5 atom stereocenters. The Balaban J connectivity index is 1.75. The summed E-state index contributed by atoms with van der Waals surface area (Å²) in [4.78, 5) is 38.3. The van der Waals surface area contributed by atoms with Crippen molar-refractivity contribution in [3.05, 3.63) is 6.33 Å². The van der Waals surface area contributed by atoms with Crippen LogP contribution < -0.4 is 0 Å². The number of aliphatic hydroxyl groups is 1. The van der Waals surface area contributed by atoms with Gasteiger partial charge in [-0.2, -0.15) is 0 Å². The maximum Gasteiger partial charge on any atom is 0.511 e. The summed E-state index contributed by atoms with van der Waals surface area (Å²) in [7, 11) is 0. The van der Waals surface area contributed by atoms with Crippen LogP contribution in [0.3, 0.4) is 0 Å². The summed E-state index contributed by atoms with van der Waals surface area (Å²) in [6, 6.07) is -0.271. The van der Waals surface area contributed by atoms with E-state index in [0.717, 1.165) is 0 Å². The highest BCUT2D eigenvalue weighted by Crippen LogP contribution is 2.52. The average Bonchev–Trinajstić information content (AvgIpc) is 3.30. The maximum atomic E-state index is 13.1. The molecule has 2 saturated heterocycles. The summed E-state index contributed by atoms with van der Waals surface area (Å²) in [6.07, 6.45) is -0.402. The van der Waals surface area contributed by atoms with Crippen molar-refractivity contribution >= 4 is 29.8 Å². The number of hydrogen-bond donors (Lipinski definition) is 1. The lowest BCUT2D eigenvalue weighted by molar-refractivity contribution is -0.172. The molecule has 2 unspecified atom stereocenters. The Bertz CT molecular complexity index is 763. The smallest absolute Gasteiger partial charge is 0.435 e. The molecule has 0 radical (unpaired) electrons. The van der Waals surface area contributed by atoms with E-state index in [4.69, 9.17) is 9.47 Å². The number of aliphatic hydroxyl groups excluding tert-OH is 1. The highest BCUT2D eigenvalue weighted by atomic mass is 32.2. The molecule has 2 aliphatic rings. The molecule has 3 rings (SSSR count). The minimum atomic E-state index is -1.17. The van der Waals surface area contributed by atoms with Crippen molar-refractivity contribution < 1.29 is 33.7 Å². The molecule has 0 aromatic carbocycles. The number of nitrogens with zero attached hydrogens (tertiary/aromatic N) is 5. The van der Waals surface area contributed by atoms with E-state index < -0.39 is 29.1 Å². The number of ether oxygens (including phenoxy) is 3. The second-order valence-corrected chi connectivity index (χ2v) is 8.37. The van der Waals surface area contributed by atoms with Gasteiger partial charge in [-0.3, -0.25) is 9.59 Å². The Kier molecular flexibility index (Phi) is 6.27. The number of hydrogen-bond acceptors (Lipinski definition) is 11. The van der Waals surface area contributed by atoms with Crippen LogP contribution in [0.5, 0.6) is 0 Å². The number of carbonyl (C=O) groups is 3. The molecule has 160 valence electrons. The molecule has 13 heteroatoms. The Morgan fingerprint density at radius 1 is 1.41 bits per heavy atom. The summed E-state index contributed by atoms with van der Waals surface area (Å²) in [6.45, 7) is 4.83. The van der Waals surface area contributed by atoms with Crippen LogP contribution in [0.2, 0.25) is 0 Å². The second kappa shape index (κ2) is 8.53. The summed E-state index contributed by atoms with van der Waals surface area (Å²) >= 11 is 1.27. The third-order valence-electron chi connectivity index (χ3n) is 4.83. The molecule has 1 aromatic heterocycles. The van der Waals surface area contributed by atoms with E-state index in [9.17, 15) is 19.5 Å². The Morgan fingerprint density at radius 3 is 2.79 bits per heavy atom. The molecule has 2 fully saturated rings. The third kappa shape index (κ3) is 4.15. The number of rotatable bonds is 8. The number of β-lactam (4-membered cyclic amide) rings is 1. The van der Waals surface area contributed by atoms with E-state index in [-0.39, 0.29) is 43.5 Å². The number of thioether (sulfide) groups is 1. The van der Waals surface area contributed by atoms with Crippen molar-refractivity contribution in [2.75, 3.05) is 19.8 Å². The van der Waals surface area contributed by atoms with Crippen molar-refractivity contribution in [3.8, 4) is 0 Å². The van der Waals surface area contributed by atoms with Crippen molar-refractivity contribution in [2.24, 2.45) is 5.92 Å². The van der Waals surface area contributed by atoms with Gasteiger partial charge in [-0.05, 0) is 30.7 Å². The number of aromatic nitrogens is 4. The first kappa shape index (κ1) is 21.3. The molecule has 0 saturated carbocycles. The molecule has 0 aliphatic carbocycles. The molecule has 1 N–H and O–H groups in total. The minimum absolute atomic E-state index is 0.120. The first-order chi connectivity index (χ1) is 13.8. The average molecular weight is 429 g/mol. The highest BCUT2D eigenvalue weighted by Gasteiger charge is 2.62. The van der Waals surface area contributed by atoms with Gasteiger partial charge in [0.25, 0.3) is 0 Å². The van der Waals surface area contributed by atoms with Crippen LogP contribution in [-0.4, -0.2) is 84.4 Å². The van der Waals surface area contributed by atoms with E-state index in [2.05, 4.69) is 20.3 Å². The fourth-order valence-corrected chi connectivity index (χ4v) is 5.27. The third-order valence-corrected chi connectivity index (χ3v) is 6.57. The van der Waals surface area contributed by atoms with Gasteiger partial charge in [0.05, 0.1) is 30.5 Å². The number of tetrazole rings is 1. The van der Waals surface area contributed by atoms with Gasteiger partial charge < -0.3 is 24.2 Å². The van der Waals surface area contributed by atoms with Crippen LogP contribution in [-0.2, 0) is 23.8 Å². The number of carbonyl (C=O) groups excluding carboxylic acids is 3. The van der Waals surface area contributed by atoms with Crippen molar-refractivity contribution in [1.82, 2.24) is 25.1 Å². The molecule has 1 aromatic rings. The molecular weight excluding hydrogens is 406 g/mol. The van der Waals surface area contributed by atoms with Gasteiger partial charge in [-0.25, -0.2) is 9.48 Å². The summed E-state index contributed by atoms with van der Waals surface area (Å²) in [5, 5.41) is 20.2.